The van der Waals surface area contributed by atoms with Gasteiger partial charge in [-0.25, -0.2) is 4.98 Å². The van der Waals surface area contributed by atoms with Crippen molar-refractivity contribution < 1.29 is 13.2 Å². The van der Waals surface area contributed by atoms with Crippen LogP contribution < -0.4 is 4.72 Å². The molecule has 0 bridgehead atoms. The zero-order valence-electron chi connectivity index (χ0n) is 14.4. The zero-order valence-corrected chi connectivity index (χ0v) is 15.2. The number of rotatable bonds is 4. The maximum Gasteiger partial charge on any atom is 0.417 e. The first-order chi connectivity index (χ1) is 12.8. The summed E-state index contributed by atoms with van der Waals surface area (Å²) in [6.07, 6.45) is -2.39. The van der Waals surface area contributed by atoms with Crippen molar-refractivity contribution >= 4 is 17.8 Å². The minimum atomic E-state index is -4.46. The molecule has 3 aromatic rings. The van der Waals surface area contributed by atoms with E-state index in [9.17, 15) is 18.4 Å². The zero-order chi connectivity index (χ0) is 19.6. The number of anilines is 1. The Balaban J connectivity index is 1.90. The number of hydrogen-bond donors (Lipinski definition) is 1. The second-order valence-electron chi connectivity index (χ2n) is 5.86. The van der Waals surface area contributed by atoms with E-state index >= 15 is 0 Å². The molecule has 2 aromatic heterocycles. The highest BCUT2D eigenvalue weighted by atomic mass is 32.2. The SMILES string of the molecule is Cc1cc(C)cc(SNc2c(C#N)cnn2-c2ccc(C(F)(F)F)cn2)c1. The van der Waals surface area contributed by atoms with Gasteiger partial charge in [-0.05, 0) is 61.2 Å². The van der Waals surface area contributed by atoms with Crippen LogP contribution in [0.5, 0.6) is 0 Å². The monoisotopic (exact) mass is 389 g/mol. The van der Waals surface area contributed by atoms with Crippen molar-refractivity contribution in [3.8, 4) is 11.9 Å². The van der Waals surface area contributed by atoms with Crippen molar-refractivity contribution in [2.75, 3.05) is 4.72 Å². The molecular formula is C18H14F3N5S. The largest absolute Gasteiger partial charge is 0.417 e. The lowest BCUT2D eigenvalue weighted by Crippen LogP contribution is -2.08. The van der Waals surface area contributed by atoms with Gasteiger partial charge in [-0.3, -0.25) is 0 Å². The molecule has 0 aliphatic heterocycles. The highest BCUT2D eigenvalue weighted by Crippen LogP contribution is 2.30. The van der Waals surface area contributed by atoms with Crippen LogP contribution in [0, 0.1) is 25.2 Å². The van der Waals surface area contributed by atoms with Gasteiger partial charge in [0.1, 0.15) is 11.6 Å². The van der Waals surface area contributed by atoms with Crippen molar-refractivity contribution in [2.45, 2.75) is 24.9 Å². The van der Waals surface area contributed by atoms with Crippen LogP contribution in [0.4, 0.5) is 19.0 Å². The second kappa shape index (κ2) is 7.32. The molecule has 27 heavy (non-hydrogen) atoms. The number of hydrogen-bond acceptors (Lipinski definition) is 5. The number of nitrogens with zero attached hydrogens (tertiary/aromatic N) is 4. The highest BCUT2D eigenvalue weighted by molar-refractivity contribution is 8.00. The van der Waals surface area contributed by atoms with Gasteiger partial charge in [-0.2, -0.15) is 28.2 Å². The Bertz CT molecular complexity index is 983. The normalized spacial score (nSPS) is 11.3. The summed E-state index contributed by atoms with van der Waals surface area (Å²) in [7, 11) is 0. The van der Waals surface area contributed by atoms with Gasteiger partial charge in [-0.1, -0.05) is 6.07 Å². The molecule has 0 atom stereocenters. The number of aromatic nitrogens is 3. The van der Waals surface area contributed by atoms with Crippen molar-refractivity contribution in [2.24, 2.45) is 0 Å². The first-order valence-electron chi connectivity index (χ1n) is 7.81. The maximum atomic E-state index is 12.7. The van der Waals surface area contributed by atoms with Crippen LogP contribution in [-0.2, 0) is 6.18 Å². The van der Waals surface area contributed by atoms with Crippen molar-refractivity contribution in [1.29, 1.82) is 5.26 Å². The number of alkyl halides is 3. The molecule has 138 valence electrons. The van der Waals surface area contributed by atoms with E-state index in [4.69, 9.17) is 0 Å². The third kappa shape index (κ3) is 4.23. The number of pyridine rings is 1. The van der Waals surface area contributed by atoms with Crippen LogP contribution in [-0.4, -0.2) is 14.8 Å². The number of benzene rings is 1. The fourth-order valence-corrected chi connectivity index (χ4v) is 3.38. The summed E-state index contributed by atoms with van der Waals surface area (Å²) in [6, 6.07) is 10.2. The van der Waals surface area contributed by atoms with Crippen LogP contribution in [0.15, 0.2) is 47.6 Å². The van der Waals surface area contributed by atoms with Crippen LogP contribution in [0.1, 0.15) is 22.3 Å². The quantitative estimate of drug-likeness (QED) is 0.644. The summed E-state index contributed by atoms with van der Waals surface area (Å²) in [5, 5.41) is 13.4. The van der Waals surface area contributed by atoms with E-state index in [0.29, 0.717) is 5.82 Å². The van der Waals surface area contributed by atoms with E-state index in [1.165, 1.54) is 28.9 Å². The molecule has 0 unspecified atom stereocenters. The van der Waals surface area contributed by atoms with E-state index in [0.717, 1.165) is 28.3 Å². The molecule has 5 nitrogen and oxygen atoms in total. The highest BCUT2D eigenvalue weighted by Gasteiger charge is 2.30. The number of nitrogens with one attached hydrogen (secondary N) is 1. The molecule has 2 heterocycles. The van der Waals surface area contributed by atoms with E-state index in [1.54, 1.807) is 0 Å². The van der Waals surface area contributed by atoms with E-state index < -0.39 is 11.7 Å². The number of nitriles is 1. The Kier molecular flexibility index (Phi) is 5.10. The molecule has 0 spiro atoms. The minimum Gasteiger partial charge on any atom is -0.309 e. The third-order valence-electron chi connectivity index (χ3n) is 3.64. The molecule has 9 heteroatoms. The molecule has 1 N–H and O–H groups in total. The second-order valence-corrected chi connectivity index (χ2v) is 6.74. The average molecular weight is 389 g/mol. The lowest BCUT2D eigenvalue weighted by atomic mass is 10.2. The number of aryl methyl sites for hydroxylation is 2. The van der Waals surface area contributed by atoms with Gasteiger partial charge in [0.15, 0.2) is 11.6 Å². The van der Waals surface area contributed by atoms with E-state index in [2.05, 4.69) is 14.8 Å². The van der Waals surface area contributed by atoms with Crippen molar-refractivity contribution in [1.82, 2.24) is 14.8 Å². The Morgan fingerprint density at radius 2 is 1.81 bits per heavy atom. The molecule has 0 aliphatic rings. The lowest BCUT2D eigenvalue weighted by Gasteiger charge is -2.11. The molecule has 3 rings (SSSR count). The van der Waals surface area contributed by atoms with Gasteiger partial charge in [0, 0.05) is 11.1 Å². The Morgan fingerprint density at radius 3 is 2.37 bits per heavy atom. The number of halogens is 3. The topological polar surface area (TPSA) is 66.5 Å². The average Bonchev–Trinajstić information content (AvgIpc) is 3.01. The van der Waals surface area contributed by atoms with Crippen LogP contribution in [0.25, 0.3) is 5.82 Å². The first kappa shape index (κ1) is 18.8. The van der Waals surface area contributed by atoms with Gasteiger partial charge in [-0.15, -0.1) is 0 Å². The minimum absolute atomic E-state index is 0.174. The smallest absolute Gasteiger partial charge is 0.309 e. The van der Waals surface area contributed by atoms with Crippen LogP contribution in [0.3, 0.4) is 0 Å². The summed E-state index contributed by atoms with van der Waals surface area (Å²) in [4.78, 5) is 4.76. The molecule has 0 aliphatic carbocycles. The molecule has 0 saturated heterocycles. The summed E-state index contributed by atoms with van der Waals surface area (Å²) in [6.45, 7) is 3.96. The fourth-order valence-electron chi connectivity index (χ4n) is 2.48. The Morgan fingerprint density at radius 1 is 1.11 bits per heavy atom. The summed E-state index contributed by atoms with van der Waals surface area (Å²) in [5.41, 5.74) is 1.60. The van der Waals surface area contributed by atoms with Gasteiger partial charge in [0.25, 0.3) is 0 Å². The Hall–Kier alpha value is -2.99. The molecule has 0 saturated carbocycles. The van der Waals surface area contributed by atoms with E-state index in [1.807, 2.05) is 38.1 Å². The molecule has 1 aromatic carbocycles. The Labute approximate surface area is 158 Å². The van der Waals surface area contributed by atoms with Crippen molar-refractivity contribution in [3.05, 3.63) is 65.0 Å². The standard InChI is InChI=1S/C18H14F3N5S/c1-11-5-12(2)7-15(6-11)27-25-17-13(8-22)9-24-26(17)16-4-3-14(10-23-16)18(19,20)21/h3-7,9-10,25H,1-2H3. The molecular weight excluding hydrogens is 375 g/mol. The molecule has 0 amide bonds. The summed E-state index contributed by atoms with van der Waals surface area (Å²) in [5.74, 6) is 0.516. The molecule has 0 radical (unpaired) electrons. The summed E-state index contributed by atoms with van der Waals surface area (Å²) < 4.78 is 42.5. The third-order valence-corrected chi connectivity index (χ3v) is 4.41. The molecule has 0 fully saturated rings. The predicted octanol–water partition coefficient (Wildman–Crippen LogP) is 4.89. The van der Waals surface area contributed by atoms with Crippen molar-refractivity contribution in [3.63, 3.8) is 0 Å². The van der Waals surface area contributed by atoms with E-state index in [-0.39, 0.29) is 11.4 Å². The van der Waals surface area contributed by atoms with Gasteiger partial charge >= 0.3 is 6.18 Å². The predicted molar refractivity (Wildman–Crippen MR) is 96.5 cm³/mol. The summed E-state index contributed by atoms with van der Waals surface area (Å²) >= 11 is 1.28. The first-order valence-corrected chi connectivity index (χ1v) is 8.62. The fraction of sp³-hybridized carbons (Fsp3) is 0.167. The van der Waals surface area contributed by atoms with Crippen LogP contribution in [0.2, 0.25) is 0 Å². The maximum absolute atomic E-state index is 12.7. The lowest BCUT2D eigenvalue weighted by molar-refractivity contribution is -0.137. The van der Waals surface area contributed by atoms with Gasteiger partial charge < -0.3 is 4.72 Å². The van der Waals surface area contributed by atoms with Gasteiger partial charge in [0.2, 0.25) is 0 Å². The van der Waals surface area contributed by atoms with Gasteiger partial charge in [0.05, 0.1) is 11.8 Å². The van der Waals surface area contributed by atoms with Crippen LogP contribution >= 0.6 is 11.9 Å².